The summed E-state index contributed by atoms with van der Waals surface area (Å²) in [7, 11) is 5.39. The van der Waals surface area contributed by atoms with Crippen LogP contribution in [0, 0.1) is 0 Å². The number of ether oxygens (including phenoxy) is 3. The average Bonchev–Trinajstić information content (AvgIpc) is 2.46. The van der Waals surface area contributed by atoms with Gasteiger partial charge in [0.1, 0.15) is 11.5 Å². The second-order valence-corrected chi connectivity index (χ2v) is 4.68. The highest BCUT2D eigenvalue weighted by atomic mass is 16.5. The number of nitrogens with two attached hydrogens (primary N) is 1. The van der Waals surface area contributed by atoms with E-state index in [9.17, 15) is 0 Å². The maximum atomic E-state index is 5.82. The van der Waals surface area contributed by atoms with Crippen molar-refractivity contribution < 1.29 is 14.2 Å². The van der Waals surface area contributed by atoms with Crippen molar-refractivity contribution in [2.45, 2.75) is 12.1 Å². The molecule has 2 rings (SSSR count). The smallest absolute Gasteiger partial charge is 0.127 e. The van der Waals surface area contributed by atoms with Gasteiger partial charge in [-0.25, -0.2) is 0 Å². The van der Waals surface area contributed by atoms with Gasteiger partial charge < -0.3 is 19.9 Å². The first-order chi connectivity index (χ1) is 9.21. The van der Waals surface area contributed by atoms with E-state index in [2.05, 4.69) is 11.9 Å². The van der Waals surface area contributed by atoms with Crippen LogP contribution in [-0.2, 0) is 4.74 Å². The van der Waals surface area contributed by atoms with Crippen LogP contribution in [0.3, 0.4) is 0 Å². The molecule has 5 nitrogen and oxygen atoms in total. The van der Waals surface area contributed by atoms with E-state index in [4.69, 9.17) is 19.9 Å². The van der Waals surface area contributed by atoms with Crippen molar-refractivity contribution in [2.75, 3.05) is 41.0 Å². The SMILES string of the molecule is COc1ccc(C2C(CN)OCCN2C)c(OC)c1. The summed E-state index contributed by atoms with van der Waals surface area (Å²) < 4.78 is 16.5. The van der Waals surface area contributed by atoms with Crippen molar-refractivity contribution in [1.82, 2.24) is 4.90 Å². The van der Waals surface area contributed by atoms with Gasteiger partial charge >= 0.3 is 0 Å². The van der Waals surface area contributed by atoms with Gasteiger partial charge in [0, 0.05) is 24.7 Å². The van der Waals surface area contributed by atoms with Gasteiger partial charge in [0.2, 0.25) is 0 Å². The molecule has 1 heterocycles. The van der Waals surface area contributed by atoms with Crippen LogP contribution in [0.25, 0.3) is 0 Å². The Morgan fingerprint density at radius 3 is 2.79 bits per heavy atom. The highest BCUT2D eigenvalue weighted by Crippen LogP contribution is 2.36. The lowest BCUT2D eigenvalue weighted by molar-refractivity contribution is -0.0582. The molecule has 0 spiro atoms. The number of likely N-dealkylation sites (N-methyl/N-ethyl adjacent to an activating group) is 1. The first-order valence-corrected chi connectivity index (χ1v) is 6.45. The van der Waals surface area contributed by atoms with E-state index in [-0.39, 0.29) is 12.1 Å². The van der Waals surface area contributed by atoms with Crippen LogP contribution in [0.2, 0.25) is 0 Å². The Kier molecular flexibility index (Phi) is 4.63. The Balaban J connectivity index is 2.37. The van der Waals surface area contributed by atoms with E-state index in [1.54, 1.807) is 14.2 Å². The molecule has 0 radical (unpaired) electrons. The largest absolute Gasteiger partial charge is 0.497 e. The third-order valence-corrected chi connectivity index (χ3v) is 3.59. The van der Waals surface area contributed by atoms with E-state index >= 15 is 0 Å². The molecule has 19 heavy (non-hydrogen) atoms. The number of rotatable bonds is 4. The first kappa shape index (κ1) is 14.1. The van der Waals surface area contributed by atoms with Crippen LogP contribution in [0.1, 0.15) is 11.6 Å². The van der Waals surface area contributed by atoms with Crippen molar-refractivity contribution in [3.63, 3.8) is 0 Å². The Labute approximate surface area is 114 Å². The van der Waals surface area contributed by atoms with E-state index in [1.807, 2.05) is 18.2 Å². The number of nitrogens with zero attached hydrogens (tertiary/aromatic N) is 1. The van der Waals surface area contributed by atoms with Crippen LogP contribution in [0.15, 0.2) is 18.2 Å². The molecule has 1 aromatic carbocycles. The van der Waals surface area contributed by atoms with Gasteiger partial charge in [0.15, 0.2) is 0 Å². The molecular weight excluding hydrogens is 244 g/mol. The van der Waals surface area contributed by atoms with Gasteiger partial charge in [-0.05, 0) is 19.2 Å². The number of morpholine rings is 1. The summed E-state index contributed by atoms with van der Waals surface area (Å²) >= 11 is 0. The molecule has 2 unspecified atom stereocenters. The van der Waals surface area contributed by atoms with Gasteiger partial charge in [0.25, 0.3) is 0 Å². The van der Waals surface area contributed by atoms with Crippen molar-refractivity contribution in [3.05, 3.63) is 23.8 Å². The third-order valence-electron chi connectivity index (χ3n) is 3.59. The number of methoxy groups -OCH3 is 2. The zero-order chi connectivity index (χ0) is 13.8. The van der Waals surface area contributed by atoms with Crippen LogP contribution in [-0.4, -0.2) is 52.0 Å². The average molecular weight is 266 g/mol. The molecule has 0 saturated carbocycles. The standard InChI is InChI=1S/C14H22N2O3/c1-16-6-7-19-13(9-15)14(16)11-5-4-10(17-2)8-12(11)18-3/h4-5,8,13-14H,6-7,9,15H2,1-3H3. The summed E-state index contributed by atoms with van der Waals surface area (Å²) in [6, 6.07) is 5.97. The lowest BCUT2D eigenvalue weighted by Gasteiger charge is -2.39. The van der Waals surface area contributed by atoms with Gasteiger partial charge in [-0.15, -0.1) is 0 Å². The monoisotopic (exact) mass is 266 g/mol. The molecule has 1 saturated heterocycles. The van der Waals surface area contributed by atoms with Crippen LogP contribution >= 0.6 is 0 Å². The predicted molar refractivity (Wildman–Crippen MR) is 73.7 cm³/mol. The molecule has 0 amide bonds. The molecule has 0 aromatic heterocycles. The summed E-state index contributed by atoms with van der Waals surface area (Å²) in [5.74, 6) is 1.59. The van der Waals surface area contributed by atoms with Gasteiger partial charge in [-0.2, -0.15) is 0 Å². The summed E-state index contributed by atoms with van der Waals surface area (Å²) in [6.45, 7) is 2.09. The van der Waals surface area contributed by atoms with E-state index in [1.165, 1.54) is 0 Å². The fourth-order valence-electron chi connectivity index (χ4n) is 2.56. The number of hydrogen-bond acceptors (Lipinski definition) is 5. The van der Waals surface area contributed by atoms with Crippen LogP contribution in [0.5, 0.6) is 11.5 Å². The van der Waals surface area contributed by atoms with Crippen molar-refractivity contribution >= 4 is 0 Å². The highest BCUT2D eigenvalue weighted by Gasteiger charge is 2.32. The van der Waals surface area contributed by atoms with Crippen molar-refractivity contribution in [3.8, 4) is 11.5 Å². The first-order valence-electron chi connectivity index (χ1n) is 6.45. The molecule has 2 N–H and O–H groups in total. The summed E-state index contributed by atoms with van der Waals surface area (Å²) in [5, 5.41) is 0. The Morgan fingerprint density at radius 2 is 2.16 bits per heavy atom. The van der Waals surface area contributed by atoms with Crippen LogP contribution < -0.4 is 15.2 Å². The molecule has 0 aliphatic carbocycles. The molecule has 106 valence electrons. The zero-order valence-corrected chi connectivity index (χ0v) is 11.8. The van der Waals surface area contributed by atoms with Crippen LogP contribution in [0.4, 0.5) is 0 Å². The molecular formula is C14H22N2O3. The van der Waals surface area contributed by atoms with Gasteiger partial charge in [0.05, 0.1) is 33.0 Å². The lowest BCUT2D eigenvalue weighted by atomic mass is 9.97. The lowest BCUT2D eigenvalue weighted by Crippen LogP contribution is -2.46. The predicted octanol–water partition coefficient (Wildman–Crippen LogP) is 1.03. The fraction of sp³-hybridized carbons (Fsp3) is 0.571. The zero-order valence-electron chi connectivity index (χ0n) is 11.8. The minimum Gasteiger partial charge on any atom is -0.497 e. The molecule has 0 bridgehead atoms. The van der Waals surface area contributed by atoms with Gasteiger partial charge in [-0.3, -0.25) is 4.90 Å². The van der Waals surface area contributed by atoms with E-state index < -0.39 is 0 Å². The topological polar surface area (TPSA) is 57.0 Å². The number of benzene rings is 1. The maximum absolute atomic E-state index is 5.82. The molecule has 1 aromatic rings. The molecule has 2 atom stereocenters. The van der Waals surface area contributed by atoms with Crippen molar-refractivity contribution in [1.29, 1.82) is 0 Å². The van der Waals surface area contributed by atoms with E-state index in [0.29, 0.717) is 13.2 Å². The second-order valence-electron chi connectivity index (χ2n) is 4.68. The summed E-state index contributed by atoms with van der Waals surface area (Å²) in [6.07, 6.45) is -0.0129. The number of hydrogen-bond donors (Lipinski definition) is 1. The third kappa shape index (κ3) is 2.83. The maximum Gasteiger partial charge on any atom is 0.127 e. The molecule has 5 heteroatoms. The van der Waals surface area contributed by atoms with Gasteiger partial charge in [-0.1, -0.05) is 0 Å². The minimum absolute atomic E-state index is 0.0129. The Hall–Kier alpha value is -1.30. The minimum atomic E-state index is -0.0129. The molecule has 1 aliphatic rings. The van der Waals surface area contributed by atoms with E-state index in [0.717, 1.165) is 23.6 Å². The summed E-state index contributed by atoms with van der Waals surface area (Å²) in [4.78, 5) is 2.26. The Bertz CT molecular complexity index is 425. The Morgan fingerprint density at radius 1 is 1.37 bits per heavy atom. The molecule has 1 fully saturated rings. The highest BCUT2D eigenvalue weighted by molar-refractivity contribution is 5.43. The normalized spacial score (nSPS) is 24.2. The fourth-order valence-corrected chi connectivity index (χ4v) is 2.56. The summed E-state index contributed by atoms with van der Waals surface area (Å²) in [5.41, 5.74) is 6.91. The molecule has 1 aliphatic heterocycles. The van der Waals surface area contributed by atoms with Crippen molar-refractivity contribution in [2.24, 2.45) is 5.73 Å². The quantitative estimate of drug-likeness (QED) is 0.882. The second kappa shape index (κ2) is 6.23.